The number of carboxylic acid groups (broad SMARTS) is 1. The Morgan fingerprint density at radius 3 is 2.35 bits per heavy atom. The van der Waals surface area contributed by atoms with Gasteiger partial charge in [0.1, 0.15) is 17.1 Å². The number of hydrazone groups is 1. The molecule has 3 N–H and O–H groups in total. The third-order valence-corrected chi connectivity index (χ3v) is 5.16. The van der Waals surface area contributed by atoms with Crippen molar-refractivity contribution < 1.29 is 38.4 Å². The number of unbranched alkanes of at least 4 members (excludes halogenated alkanes) is 1. The van der Waals surface area contributed by atoms with Crippen molar-refractivity contribution in [2.75, 3.05) is 25.1 Å². The van der Waals surface area contributed by atoms with E-state index in [0.29, 0.717) is 47.8 Å². The van der Waals surface area contributed by atoms with Gasteiger partial charge < -0.3 is 29.4 Å². The van der Waals surface area contributed by atoms with Crippen molar-refractivity contribution in [3.63, 3.8) is 0 Å². The lowest BCUT2D eigenvalue weighted by molar-refractivity contribution is -0.144. The standard InChI is InChI=1S/C29H39N3O8/c1-6-37-22-15-16-24(39-17-9-8-10-25(33)34)23(18-22)26(27(35)38-7-2)31-21-13-11-20(12-14-21)19-30-32-28(36)40-29(3,4)5/h11-16,18-19,26,31H,6-10,17H2,1-5H3,(H,32,36)(H,33,34). The summed E-state index contributed by atoms with van der Waals surface area (Å²) in [7, 11) is 0. The molecule has 0 fully saturated rings. The Kier molecular flexibility index (Phi) is 12.7. The molecule has 11 heteroatoms. The van der Waals surface area contributed by atoms with E-state index in [0.717, 1.165) is 0 Å². The third-order valence-electron chi connectivity index (χ3n) is 5.16. The maximum Gasteiger partial charge on any atom is 0.428 e. The highest BCUT2D eigenvalue weighted by Gasteiger charge is 2.26. The van der Waals surface area contributed by atoms with Crippen LogP contribution in [0.15, 0.2) is 47.6 Å². The number of carboxylic acids is 1. The van der Waals surface area contributed by atoms with E-state index in [9.17, 15) is 14.4 Å². The quantitative estimate of drug-likeness (QED) is 0.115. The molecule has 1 atom stereocenters. The van der Waals surface area contributed by atoms with Gasteiger partial charge in [-0.05, 0) is 83.4 Å². The highest BCUT2D eigenvalue weighted by molar-refractivity contribution is 5.84. The van der Waals surface area contributed by atoms with Gasteiger partial charge in [0.15, 0.2) is 6.04 Å². The Morgan fingerprint density at radius 1 is 1.00 bits per heavy atom. The van der Waals surface area contributed by atoms with Gasteiger partial charge in [0.2, 0.25) is 0 Å². The van der Waals surface area contributed by atoms with Gasteiger partial charge in [-0.15, -0.1) is 0 Å². The fourth-order valence-electron chi connectivity index (χ4n) is 3.48. The van der Waals surface area contributed by atoms with Crippen molar-refractivity contribution in [2.45, 2.75) is 65.5 Å². The Labute approximate surface area is 234 Å². The van der Waals surface area contributed by atoms with E-state index < -0.39 is 29.7 Å². The topological polar surface area (TPSA) is 145 Å². The zero-order valence-corrected chi connectivity index (χ0v) is 23.7. The number of hydrogen-bond acceptors (Lipinski definition) is 9. The van der Waals surface area contributed by atoms with E-state index in [1.54, 1.807) is 70.2 Å². The van der Waals surface area contributed by atoms with Crippen LogP contribution in [0.2, 0.25) is 0 Å². The maximum atomic E-state index is 13.1. The van der Waals surface area contributed by atoms with Crippen LogP contribution in [-0.2, 0) is 19.1 Å². The lowest BCUT2D eigenvalue weighted by Crippen LogP contribution is -2.29. The summed E-state index contributed by atoms with van der Waals surface area (Å²) in [5, 5.41) is 16.0. The predicted molar refractivity (Wildman–Crippen MR) is 151 cm³/mol. The summed E-state index contributed by atoms with van der Waals surface area (Å²) in [6, 6.07) is 11.4. The first-order valence-electron chi connectivity index (χ1n) is 13.2. The van der Waals surface area contributed by atoms with E-state index in [4.69, 9.17) is 24.1 Å². The van der Waals surface area contributed by atoms with Gasteiger partial charge in [0.05, 0.1) is 26.0 Å². The summed E-state index contributed by atoms with van der Waals surface area (Å²) < 4.78 is 22.1. The SMILES string of the molecule is CCOC(=O)C(Nc1ccc(C=NNC(=O)OC(C)(C)C)cc1)c1cc(OCC)ccc1OCCCCC(=O)O. The number of aliphatic carboxylic acids is 1. The lowest BCUT2D eigenvalue weighted by Gasteiger charge is -2.22. The molecule has 1 amide bonds. The second-order valence-corrected chi connectivity index (χ2v) is 9.66. The zero-order valence-electron chi connectivity index (χ0n) is 23.7. The Bertz CT molecular complexity index is 1140. The van der Waals surface area contributed by atoms with E-state index in [2.05, 4.69) is 15.8 Å². The number of amides is 1. The van der Waals surface area contributed by atoms with E-state index in [-0.39, 0.29) is 19.6 Å². The van der Waals surface area contributed by atoms with Crippen LogP contribution in [0.25, 0.3) is 0 Å². The molecule has 0 saturated carbocycles. The number of nitrogens with zero attached hydrogens (tertiary/aromatic N) is 1. The van der Waals surface area contributed by atoms with E-state index in [1.807, 2.05) is 6.92 Å². The first-order valence-corrected chi connectivity index (χ1v) is 13.2. The minimum Gasteiger partial charge on any atom is -0.494 e. The van der Waals surface area contributed by atoms with Crippen LogP contribution in [0.3, 0.4) is 0 Å². The summed E-state index contributed by atoms with van der Waals surface area (Å²) in [5.74, 6) is -0.332. The number of nitrogens with one attached hydrogen (secondary N) is 2. The highest BCUT2D eigenvalue weighted by Crippen LogP contribution is 2.33. The smallest absolute Gasteiger partial charge is 0.428 e. The minimum absolute atomic E-state index is 0.0598. The summed E-state index contributed by atoms with van der Waals surface area (Å²) in [4.78, 5) is 35.6. The number of hydrogen-bond donors (Lipinski definition) is 3. The second-order valence-electron chi connectivity index (χ2n) is 9.66. The first kappa shape index (κ1) is 31.9. The van der Waals surface area contributed by atoms with Gasteiger partial charge in [-0.3, -0.25) is 4.79 Å². The van der Waals surface area contributed by atoms with Crippen molar-refractivity contribution in [3.8, 4) is 11.5 Å². The van der Waals surface area contributed by atoms with Crippen LogP contribution in [0, 0.1) is 0 Å². The fraction of sp³-hybridized carbons (Fsp3) is 0.448. The zero-order chi connectivity index (χ0) is 29.5. The molecule has 0 saturated heterocycles. The molecule has 40 heavy (non-hydrogen) atoms. The van der Waals surface area contributed by atoms with Crippen LogP contribution in [0.4, 0.5) is 10.5 Å². The van der Waals surface area contributed by atoms with Crippen molar-refractivity contribution in [2.24, 2.45) is 5.10 Å². The molecule has 0 spiro atoms. The molecule has 2 aromatic rings. The largest absolute Gasteiger partial charge is 0.494 e. The number of benzene rings is 2. The molecular formula is C29H39N3O8. The number of carbonyl (C=O) groups is 3. The average molecular weight is 558 g/mol. The molecule has 0 aromatic heterocycles. The van der Waals surface area contributed by atoms with Gasteiger partial charge in [-0.25, -0.2) is 15.0 Å². The van der Waals surface area contributed by atoms with Crippen LogP contribution >= 0.6 is 0 Å². The van der Waals surface area contributed by atoms with Crippen molar-refractivity contribution in [1.29, 1.82) is 0 Å². The Hall–Kier alpha value is -4.28. The molecule has 0 aliphatic heterocycles. The molecule has 0 aliphatic carbocycles. The summed E-state index contributed by atoms with van der Waals surface area (Å²) in [6.07, 6.45) is 1.89. The van der Waals surface area contributed by atoms with Gasteiger partial charge in [0.25, 0.3) is 0 Å². The Morgan fingerprint density at radius 2 is 1.73 bits per heavy atom. The molecule has 0 heterocycles. The van der Waals surface area contributed by atoms with Gasteiger partial charge in [-0.2, -0.15) is 5.10 Å². The molecule has 0 aliphatic rings. The van der Waals surface area contributed by atoms with Gasteiger partial charge >= 0.3 is 18.0 Å². The first-order chi connectivity index (χ1) is 19.0. The van der Waals surface area contributed by atoms with Crippen LogP contribution in [0.1, 0.15) is 71.0 Å². The second kappa shape index (κ2) is 16.0. The van der Waals surface area contributed by atoms with Crippen molar-refractivity contribution in [3.05, 3.63) is 53.6 Å². The van der Waals surface area contributed by atoms with Crippen LogP contribution < -0.4 is 20.2 Å². The number of anilines is 1. The highest BCUT2D eigenvalue weighted by atomic mass is 16.6. The summed E-state index contributed by atoms with van der Waals surface area (Å²) in [6.45, 7) is 9.79. The molecule has 11 nitrogen and oxygen atoms in total. The molecule has 0 bridgehead atoms. The van der Waals surface area contributed by atoms with Gasteiger partial charge in [-0.1, -0.05) is 12.1 Å². The molecule has 218 valence electrons. The molecule has 2 rings (SSSR count). The average Bonchev–Trinajstić information content (AvgIpc) is 2.87. The number of esters is 1. The lowest BCUT2D eigenvalue weighted by atomic mass is 10.0. The van der Waals surface area contributed by atoms with Crippen LogP contribution in [-0.4, -0.2) is 54.8 Å². The third kappa shape index (κ3) is 11.6. The monoisotopic (exact) mass is 557 g/mol. The van der Waals surface area contributed by atoms with Crippen molar-refractivity contribution in [1.82, 2.24) is 5.43 Å². The molecule has 0 radical (unpaired) electrons. The van der Waals surface area contributed by atoms with E-state index >= 15 is 0 Å². The molecular weight excluding hydrogens is 518 g/mol. The Balaban J connectivity index is 2.22. The minimum atomic E-state index is -0.914. The summed E-state index contributed by atoms with van der Waals surface area (Å²) >= 11 is 0. The van der Waals surface area contributed by atoms with Crippen molar-refractivity contribution >= 4 is 29.9 Å². The fourth-order valence-corrected chi connectivity index (χ4v) is 3.48. The maximum absolute atomic E-state index is 13.1. The van der Waals surface area contributed by atoms with Gasteiger partial charge in [0, 0.05) is 17.7 Å². The van der Waals surface area contributed by atoms with E-state index in [1.165, 1.54) is 6.21 Å². The number of rotatable bonds is 15. The number of carbonyl (C=O) groups excluding carboxylic acids is 2. The van der Waals surface area contributed by atoms with Crippen LogP contribution in [0.5, 0.6) is 11.5 Å². The summed E-state index contributed by atoms with van der Waals surface area (Å²) in [5.41, 5.74) is 3.54. The molecule has 2 aromatic carbocycles. The molecule has 1 unspecified atom stereocenters. The predicted octanol–water partition coefficient (Wildman–Crippen LogP) is 5.29. The number of ether oxygens (including phenoxy) is 4. The normalized spacial score (nSPS) is 11.9.